The monoisotopic (exact) mass is 422 g/mol. The lowest BCUT2D eigenvalue weighted by atomic mass is 9.94. The number of hydrogen-bond donors (Lipinski definition) is 0. The summed E-state index contributed by atoms with van der Waals surface area (Å²) in [6.45, 7) is 4.61. The van der Waals surface area contributed by atoms with Crippen molar-refractivity contribution in [2.45, 2.75) is 50.7 Å². The van der Waals surface area contributed by atoms with Crippen LogP contribution in [0.25, 0.3) is 0 Å². The van der Waals surface area contributed by atoms with E-state index in [1.54, 1.807) is 10.9 Å². The SMILES string of the molecule is Cn1nccc1C(=O)N(CC1CCN(C2Cc3ccccc3C2)CC1)C[C@@H]1CCCO1. The molecule has 2 aromatic rings. The van der Waals surface area contributed by atoms with E-state index >= 15 is 0 Å². The quantitative estimate of drug-likeness (QED) is 0.718. The summed E-state index contributed by atoms with van der Waals surface area (Å²) >= 11 is 0. The molecule has 2 fully saturated rings. The van der Waals surface area contributed by atoms with Crippen molar-refractivity contribution >= 4 is 5.91 Å². The van der Waals surface area contributed by atoms with Gasteiger partial charge in [0.2, 0.25) is 0 Å². The number of carbonyl (C=O) groups excluding carboxylic acids is 1. The van der Waals surface area contributed by atoms with Crippen LogP contribution in [0, 0.1) is 5.92 Å². The Kier molecular flexibility index (Phi) is 6.10. The molecular formula is C25H34N4O2. The zero-order valence-corrected chi connectivity index (χ0v) is 18.6. The summed E-state index contributed by atoms with van der Waals surface area (Å²) < 4.78 is 7.55. The maximum Gasteiger partial charge on any atom is 0.272 e. The molecule has 2 aliphatic heterocycles. The van der Waals surface area contributed by atoms with Crippen LogP contribution in [0.1, 0.15) is 47.3 Å². The van der Waals surface area contributed by atoms with Crippen LogP contribution in [0.3, 0.4) is 0 Å². The molecule has 1 amide bonds. The number of benzene rings is 1. The fourth-order valence-electron chi connectivity index (χ4n) is 5.63. The number of nitrogens with zero attached hydrogens (tertiary/aromatic N) is 4. The highest BCUT2D eigenvalue weighted by molar-refractivity contribution is 5.92. The summed E-state index contributed by atoms with van der Waals surface area (Å²) in [6.07, 6.45) is 8.72. The molecule has 0 saturated carbocycles. The number of ether oxygens (including phenoxy) is 1. The highest BCUT2D eigenvalue weighted by atomic mass is 16.5. The molecule has 1 aliphatic carbocycles. The van der Waals surface area contributed by atoms with E-state index in [0.717, 1.165) is 51.9 Å². The molecule has 0 radical (unpaired) electrons. The molecule has 166 valence electrons. The average Bonchev–Trinajstić information content (AvgIpc) is 3.54. The van der Waals surface area contributed by atoms with Gasteiger partial charge in [-0.05, 0) is 74.7 Å². The van der Waals surface area contributed by atoms with Crippen LogP contribution < -0.4 is 0 Å². The number of rotatable bonds is 6. The van der Waals surface area contributed by atoms with Crippen molar-refractivity contribution in [1.29, 1.82) is 0 Å². The molecule has 1 aromatic heterocycles. The Hall–Kier alpha value is -2.18. The van der Waals surface area contributed by atoms with Gasteiger partial charge in [0, 0.05) is 39.0 Å². The fourth-order valence-corrected chi connectivity index (χ4v) is 5.63. The predicted octanol–water partition coefficient (Wildman–Crippen LogP) is 2.92. The minimum atomic E-state index is 0.0872. The van der Waals surface area contributed by atoms with Gasteiger partial charge in [0.25, 0.3) is 5.91 Å². The van der Waals surface area contributed by atoms with Crippen molar-refractivity contribution in [1.82, 2.24) is 19.6 Å². The molecule has 6 nitrogen and oxygen atoms in total. The average molecular weight is 423 g/mol. The van der Waals surface area contributed by atoms with Gasteiger partial charge in [-0.15, -0.1) is 0 Å². The number of amides is 1. The third-order valence-corrected chi connectivity index (χ3v) is 7.45. The molecule has 0 unspecified atom stereocenters. The van der Waals surface area contributed by atoms with Crippen molar-refractivity contribution in [3.63, 3.8) is 0 Å². The minimum Gasteiger partial charge on any atom is -0.376 e. The Balaban J connectivity index is 1.19. The van der Waals surface area contributed by atoms with Crippen LogP contribution in [-0.4, -0.2) is 70.4 Å². The summed E-state index contributed by atoms with van der Waals surface area (Å²) in [4.78, 5) is 18.0. The van der Waals surface area contributed by atoms with Crippen LogP contribution in [0.2, 0.25) is 0 Å². The Morgan fingerprint density at radius 2 is 1.84 bits per heavy atom. The molecule has 6 heteroatoms. The molecule has 3 aliphatic rings. The van der Waals surface area contributed by atoms with E-state index in [9.17, 15) is 4.79 Å². The molecule has 5 rings (SSSR count). The molecule has 2 saturated heterocycles. The highest BCUT2D eigenvalue weighted by Crippen LogP contribution is 2.29. The summed E-state index contributed by atoms with van der Waals surface area (Å²) in [5.74, 6) is 0.641. The second-order valence-corrected chi connectivity index (χ2v) is 9.50. The van der Waals surface area contributed by atoms with Crippen LogP contribution in [-0.2, 0) is 24.6 Å². The summed E-state index contributed by atoms with van der Waals surface area (Å²) in [5.41, 5.74) is 3.72. The smallest absolute Gasteiger partial charge is 0.272 e. The number of likely N-dealkylation sites (tertiary alicyclic amines) is 1. The van der Waals surface area contributed by atoms with Gasteiger partial charge in [0.15, 0.2) is 0 Å². The van der Waals surface area contributed by atoms with Crippen LogP contribution in [0.5, 0.6) is 0 Å². The first-order valence-electron chi connectivity index (χ1n) is 11.9. The molecule has 0 spiro atoms. The summed E-state index contributed by atoms with van der Waals surface area (Å²) in [6, 6.07) is 11.4. The normalized spacial score (nSPS) is 22.7. The standard InChI is InChI=1S/C25H34N4O2/c1-27-24(8-11-26-27)25(30)29(18-23-7-4-14-31-23)17-19-9-12-28(13-10-19)22-15-20-5-2-3-6-21(20)16-22/h2-3,5-6,8,11,19,22-23H,4,7,9-10,12-18H2,1H3/t23-/m0/s1. The van der Waals surface area contributed by atoms with Gasteiger partial charge >= 0.3 is 0 Å². The van der Waals surface area contributed by atoms with E-state index in [1.165, 1.54) is 24.0 Å². The van der Waals surface area contributed by atoms with Gasteiger partial charge in [-0.2, -0.15) is 5.10 Å². The fraction of sp³-hybridized carbons (Fsp3) is 0.600. The second kappa shape index (κ2) is 9.13. The van der Waals surface area contributed by atoms with Crippen LogP contribution in [0.15, 0.2) is 36.5 Å². The zero-order chi connectivity index (χ0) is 21.2. The van der Waals surface area contributed by atoms with Crippen molar-refractivity contribution < 1.29 is 9.53 Å². The van der Waals surface area contributed by atoms with E-state index in [0.29, 0.717) is 24.2 Å². The Morgan fingerprint density at radius 3 is 2.45 bits per heavy atom. The second-order valence-electron chi connectivity index (χ2n) is 9.50. The van der Waals surface area contributed by atoms with E-state index in [-0.39, 0.29) is 12.0 Å². The van der Waals surface area contributed by atoms with Crippen LogP contribution in [0.4, 0.5) is 0 Å². The zero-order valence-electron chi connectivity index (χ0n) is 18.6. The topological polar surface area (TPSA) is 50.6 Å². The lowest BCUT2D eigenvalue weighted by molar-refractivity contribution is 0.0422. The Labute approximate surface area is 185 Å². The van der Waals surface area contributed by atoms with E-state index < -0.39 is 0 Å². The third-order valence-electron chi connectivity index (χ3n) is 7.45. The third kappa shape index (κ3) is 4.55. The maximum absolute atomic E-state index is 13.3. The van der Waals surface area contributed by atoms with Crippen molar-refractivity contribution in [2.75, 3.05) is 32.8 Å². The molecular weight excluding hydrogens is 388 g/mol. The summed E-state index contributed by atoms with van der Waals surface area (Å²) in [5, 5.41) is 4.20. The van der Waals surface area contributed by atoms with Gasteiger partial charge in [0.05, 0.1) is 6.10 Å². The Morgan fingerprint density at radius 1 is 1.10 bits per heavy atom. The van der Waals surface area contributed by atoms with Gasteiger partial charge in [0.1, 0.15) is 5.69 Å². The van der Waals surface area contributed by atoms with Gasteiger partial charge in [-0.1, -0.05) is 24.3 Å². The number of aryl methyl sites for hydroxylation is 1. The molecule has 3 heterocycles. The summed E-state index contributed by atoms with van der Waals surface area (Å²) in [7, 11) is 1.84. The highest BCUT2D eigenvalue weighted by Gasteiger charge is 2.32. The molecule has 31 heavy (non-hydrogen) atoms. The van der Waals surface area contributed by atoms with Crippen molar-refractivity contribution in [3.8, 4) is 0 Å². The van der Waals surface area contributed by atoms with Gasteiger partial charge < -0.3 is 9.64 Å². The largest absolute Gasteiger partial charge is 0.376 e. The first-order chi connectivity index (χ1) is 15.2. The molecule has 1 aromatic carbocycles. The maximum atomic E-state index is 13.3. The number of carbonyl (C=O) groups is 1. The predicted molar refractivity (Wildman–Crippen MR) is 120 cm³/mol. The van der Waals surface area contributed by atoms with E-state index in [1.807, 2.05) is 18.0 Å². The van der Waals surface area contributed by atoms with E-state index in [2.05, 4.69) is 34.3 Å². The molecule has 0 bridgehead atoms. The van der Waals surface area contributed by atoms with Crippen LogP contribution >= 0.6 is 0 Å². The lowest BCUT2D eigenvalue weighted by Gasteiger charge is -2.38. The number of fused-ring (bicyclic) bond motifs is 1. The van der Waals surface area contributed by atoms with Crippen molar-refractivity contribution in [2.24, 2.45) is 13.0 Å². The number of hydrogen-bond acceptors (Lipinski definition) is 4. The lowest BCUT2D eigenvalue weighted by Crippen LogP contribution is -2.46. The molecule has 0 N–H and O–H groups in total. The van der Waals surface area contributed by atoms with Gasteiger partial charge in [-0.25, -0.2) is 0 Å². The Bertz CT molecular complexity index is 871. The van der Waals surface area contributed by atoms with E-state index in [4.69, 9.17) is 4.74 Å². The van der Waals surface area contributed by atoms with Gasteiger partial charge in [-0.3, -0.25) is 14.4 Å². The number of piperidine rings is 1. The minimum absolute atomic E-state index is 0.0872. The molecule has 1 atom stereocenters. The van der Waals surface area contributed by atoms with Crippen molar-refractivity contribution in [3.05, 3.63) is 53.3 Å². The first-order valence-corrected chi connectivity index (χ1v) is 11.9. The first kappa shape index (κ1) is 20.7. The number of aromatic nitrogens is 2.